The number of nitrogens with zero attached hydrogens (tertiary/aromatic N) is 9. The van der Waals surface area contributed by atoms with E-state index in [0.29, 0.717) is 78.8 Å². The molecule has 0 atom stereocenters. The smallest absolute Gasteiger partial charge is 0.337 e. The summed E-state index contributed by atoms with van der Waals surface area (Å²) in [5.41, 5.74) is 12.2. The predicted octanol–water partition coefficient (Wildman–Crippen LogP) is 8.74. The minimum absolute atomic E-state index is 0.00116. The molecule has 5 N–H and O–H groups in total. The number of hydrogen-bond donors (Lipinski definition) is 5. The Morgan fingerprint density at radius 1 is 0.578 bits per heavy atom. The Kier molecular flexibility index (Phi) is 23.4. The van der Waals surface area contributed by atoms with Crippen molar-refractivity contribution in [3.8, 4) is 0 Å². The summed E-state index contributed by atoms with van der Waals surface area (Å²) in [5, 5.41) is 10.9. The van der Waals surface area contributed by atoms with Crippen molar-refractivity contribution in [3.05, 3.63) is 220 Å². The first-order chi connectivity index (χ1) is 39.8. The SMILES string of the molecule is CC(C)=CCBr.CC(C)=CCn1cnc2[nH]ccc2c1=O.CC(C)=CCn1cnc2c(c1=O)CCN2Cc1ccc(C(=O)NO)cc1.COC(=O)c1ccc(CN2CCc3c2ncn(CC=C(C)C)c3=O)cc1.O=c1[nH]cnc2[nH]ccc12. The first kappa shape index (κ1) is 63.2. The van der Waals surface area contributed by atoms with E-state index in [2.05, 4.69) is 80.5 Å². The van der Waals surface area contributed by atoms with E-state index >= 15 is 0 Å². The van der Waals surface area contributed by atoms with Crippen molar-refractivity contribution in [1.82, 2.24) is 54.1 Å². The zero-order valence-corrected chi connectivity index (χ0v) is 49.9. The van der Waals surface area contributed by atoms with Crippen LogP contribution in [-0.2, 0) is 50.3 Å². The molecule has 0 fully saturated rings. The normalized spacial score (nSPS) is 11.7. The number of H-pyrrole nitrogens is 3. The van der Waals surface area contributed by atoms with E-state index in [1.807, 2.05) is 84.0 Å². The summed E-state index contributed by atoms with van der Waals surface area (Å²) in [6, 6.07) is 17.7. The van der Waals surface area contributed by atoms with Crippen LogP contribution in [0.5, 0.6) is 0 Å². The fraction of sp³-hybridized carbons (Fsp3) is 0.311. The van der Waals surface area contributed by atoms with E-state index in [1.165, 1.54) is 30.2 Å². The molecule has 8 heterocycles. The Labute approximate surface area is 488 Å². The highest BCUT2D eigenvalue weighted by Gasteiger charge is 2.26. The second kappa shape index (κ2) is 30.7. The number of hydroxylamine groups is 1. The van der Waals surface area contributed by atoms with Gasteiger partial charge >= 0.3 is 5.97 Å². The van der Waals surface area contributed by atoms with Crippen LogP contribution in [0.2, 0.25) is 0 Å². The van der Waals surface area contributed by atoms with Crippen LogP contribution < -0.4 is 37.5 Å². The number of rotatable bonds is 13. The van der Waals surface area contributed by atoms with Gasteiger partial charge in [-0.15, -0.1) is 0 Å². The van der Waals surface area contributed by atoms with Crippen LogP contribution >= 0.6 is 15.9 Å². The van der Waals surface area contributed by atoms with Crippen LogP contribution in [0, 0.1) is 0 Å². The number of esters is 1. The first-order valence-corrected chi connectivity index (χ1v) is 27.9. The Morgan fingerprint density at radius 2 is 1.01 bits per heavy atom. The molecule has 0 saturated carbocycles. The Bertz CT molecular complexity index is 3720. The number of carbonyl (C=O) groups excluding carboxylic acids is 2. The van der Waals surface area contributed by atoms with E-state index in [1.54, 1.807) is 87.0 Å². The molecule has 0 bridgehead atoms. The van der Waals surface area contributed by atoms with Crippen LogP contribution in [0.15, 0.2) is 164 Å². The summed E-state index contributed by atoms with van der Waals surface area (Å²) in [6.07, 6.45) is 19.1. The number of amides is 1. The van der Waals surface area contributed by atoms with Crippen LogP contribution in [0.4, 0.5) is 11.6 Å². The van der Waals surface area contributed by atoms with Gasteiger partial charge < -0.3 is 29.5 Å². The standard InChI is InChI=1S/C20H23N3O3.C19H22N4O3.C11H13N3O.C6H5N3O.C5H9Br/c1-14(2)8-10-23-13-21-18-17(19(23)24)9-11-22(18)12-15-4-6-16(7-5-15)20(25)26-3;1-13(2)7-9-23-12-20-17-16(19(23)25)8-10-22(17)11-14-3-5-15(6-4-14)18(24)21-26;1-8(2)4-6-14-7-13-10-9(11(14)15)3-5-12-10;10-6-4-1-2-7-5(4)8-3-9-6;1-5(2)3-4-6/h4-8,13H,9-12H2,1-3H3;3-7,12,26H,8-11H2,1-2H3,(H,21,24);3-5,7,12H,6H2,1-2H3;1-3H,(H2,7,8,9,10);3H,4H2,1-2H3. The van der Waals surface area contributed by atoms with Gasteiger partial charge in [-0.05, 0) is 116 Å². The maximum absolute atomic E-state index is 12.6. The molecule has 2 aliphatic heterocycles. The van der Waals surface area contributed by atoms with Crippen LogP contribution in [0.3, 0.4) is 0 Å². The lowest BCUT2D eigenvalue weighted by atomic mass is 10.1. The summed E-state index contributed by atoms with van der Waals surface area (Å²) in [4.78, 5) is 100. The van der Waals surface area contributed by atoms with Crippen molar-refractivity contribution in [3.63, 3.8) is 0 Å². The van der Waals surface area contributed by atoms with Gasteiger partial charge in [0.2, 0.25) is 0 Å². The Morgan fingerprint density at radius 3 is 1.43 bits per heavy atom. The number of alkyl halides is 1. The zero-order chi connectivity index (χ0) is 60.2. The fourth-order valence-electron chi connectivity index (χ4n) is 8.42. The minimum Gasteiger partial charge on any atom is -0.465 e. The number of aromatic amines is 3. The average molecular weight is 1200 g/mol. The van der Waals surface area contributed by atoms with Crippen LogP contribution in [-0.4, -0.2) is 91.2 Å². The molecule has 436 valence electrons. The maximum Gasteiger partial charge on any atom is 0.337 e. The first-order valence-electron chi connectivity index (χ1n) is 26.8. The third kappa shape index (κ3) is 17.7. The molecule has 10 rings (SSSR count). The molecule has 1 amide bonds. The molecular weight excluding hydrogens is 1120 g/mol. The lowest BCUT2D eigenvalue weighted by molar-refractivity contribution is 0.0600. The second-order valence-electron chi connectivity index (χ2n) is 20.4. The van der Waals surface area contributed by atoms with Crippen molar-refractivity contribution >= 4 is 61.5 Å². The Balaban J connectivity index is 0.000000180. The molecule has 22 heteroatoms. The quantitative estimate of drug-likeness (QED) is 0.0238. The summed E-state index contributed by atoms with van der Waals surface area (Å²) in [6.45, 7) is 20.7. The molecule has 0 spiro atoms. The number of aromatic nitrogens is 10. The van der Waals surface area contributed by atoms with Gasteiger partial charge in [-0.25, -0.2) is 30.2 Å². The number of methoxy groups -OCH3 is 1. The number of fused-ring (bicyclic) bond motifs is 4. The molecule has 0 radical (unpaired) electrons. The molecule has 2 aliphatic rings. The third-order valence-electron chi connectivity index (χ3n) is 13.0. The average Bonchev–Trinajstić information content (AvgIpc) is 4.07. The molecular formula is C61H72BrN13O8. The van der Waals surface area contributed by atoms with Gasteiger partial charge in [0.05, 0.1) is 40.9 Å². The summed E-state index contributed by atoms with van der Waals surface area (Å²) in [7, 11) is 1.37. The topological polar surface area (TPSA) is 264 Å². The predicted molar refractivity (Wildman–Crippen MR) is 329 cm³/mol. The molecule has 21 nitrogen and oxygen atoms in total. The molecule has 2 aromatic carbocycles. The van der Waals surface area contributed by atoms with E-state index in [9.17, 15) is 28.8 Å². The fourth-order valence-corrected chi connectivity index (χ4v) is 9.07. The number of halogens is 1. The Hall–Kier alpha value is -9.02. The number of ether oxygens (including phenoxy) is 1. The highest BCUT2D eigenvalue weighted by Crippen LogP contribution is 2.26. The number of hydrogen-bond acceptors (Lipinski definition) is 14. The zero-order valence-electron chi connectivity index (χ0n) is 48.3. The van der Waals surface area contributed by atoms with Crippen molar-refractivity contribution in [2.75, 3.05) is 35.3 Å². The van der Waals surface area contributed by atoms with Gasteiger partial charge in [0.25, 0.3) is 28.1 Å². The summed E-state index contributed by atoms with van der Waals surface area (Å²) < 4.78 is 9.60. The van der Waals surface area contributed by atoms with Crippen molar-refractivity contribution in [2.24, 2.45) is 0 Å². The van der Waals surface area contributed by atoms with Gasteiger partial charge in [-0.2, -0.15) is 0 Å². The van der Waals surface area contributed by atoms with E-state index in [4.69, 9.17) is 9.94 Å². The number of anilines is 2. The molecule has 83 heavy (non-hydrogen) atoms. The number of benzene rings is 2. The van der Waals surface area contributed by atoms with Crippen molar-refractivity contribution in [1.29, 1.82) is 0 Å². The third-order valence-corrected chi connectivity index (χ3v) is 13.3. The van der Waals surface area contributed by atoms with E-state index < -0.39 is 5.91 Å². The minimum atomic E-state index is -0.540. The van der Waals surface area contributed by atoms with Gasteiger partial charge in [-0.3, -0.25) is 42.9 Å². The van der Waals surface area contributed by atoms with Gasteiger partial charge in [0.15, 0.2) is 0 Å². The monoisotopic (exact) mass is 1190 g/mol. The molecule has 6 aromatic heterocycles. The van der Waals surface area contributed by atoms with E-state index in [0.717, 1.165) is 57.9 Å². The van der Waals surface area contributed by atoms with Crippen molar-refractivity contribution < 1.29 is 19.5 Å². The lowest BCUT2D eigenvalue weighted by Gasteiger charge is -2.18. The molecule has 0 aliphatic carbocycles. The van der Waals surface area contributed by atoms with Gasteiger partial charge in [0.1, 0.15) is 41.9 Å². The van der Waals surface area contributed by atoms with Crippen molar-refractivity contribution in [2.45, 2.75) is 101 Å². The van der Waals surface area contributed by atoms with Gasteiger partial charge in [0, 0.05) is 69.1 Å². The van der Waals surface area contributed by atoms with Gasteiger partial charge in [-0.1, -0.05) is 86.8 Å². The van der Waals surface area contributed by atoms with E-state index in [-0.39, 0.29) is 28.2 Å². The van der Waals surface area contributed by atoms with Crippen LogP contribution in [0.1, 0.15) is 98.4 Å². The molecule has 0 unspecified atom stereocenters. The highest BCUT2D eigenvalue weighted by molar-refractivity contribution is 9.09. The molecule has 8 aromatic rings. The van der Waals surface area contributed by atoms with Crippen LogP contribution in [0.25, 0.3) is 22.1 Å². The second-order valence-corrected chi connectivity index (χ2v) is 21.0. The summed E-state index contributed by atoms with van der Waals surface area (Å²) >= 11 is 3.27. The maximum atomic E-state index is 12.6. The number of allylic oxidation sites excluding steroid dienone is 8. The number of nitrogens with one attached hydrogen (secondary N) is 4. The number of carbonyl (C=O) groups is 2. The molecule has 0 saturated heterocycles. The summed E-state index contributed by atoms with van der Waals surface area (Å²) in [5.74, 6) is 0.615. The highest BCUT2D eigenvalue weighted by atomic mass is 79.9. The largest absolute Gasteiger partial charge is 0.465 e. The lowest BCUT2D eigenvalue weighted by Crippen LogP contribution is -2.25.